The number of rotatable bonds is 5. The lowest BCUT2D eigenvalue weighted by Crippen LogP contribution is -2.27. The van der Waals surface area contributed by atoms with Crippen molar-refractivity contribution in [1.82, 2.24) is 4.90 Å². The van der Waals surface area contributed by atoms with Crippen LogP contribution in [0.25, 0.3) is 0 Å². The first-order valence-corrected chi connectivity index (χ1v) is 8.77. The zero-order chi connectivity index (χ0) is 17.9. The highest BCUT2D eigenvalue weighted by molar-refractivity contribution is 5.78. The third-order valence-corrected chi connectivity index (χ3v) is 4.38. The van der Waals surface area contributed by atoms with Crippen molar-refractivity contribution >= 4 is 5.91 Å². The van der Waals surface area contributed by atoms with Gasteiger partial charge in [-0.3, -0.25) is 4.79 Å². The van der Waals surface area contributed by atoms with Crippen LogP contribution in [-0.4, -0.2) is 17.4 Å². The van der Waals surface area contributed by atoms with Gasteiger partial charge >= 0.3 is 0 Å². The summed E-state index contributed by atoms with van der Waals surface area (Å²) in [5.41, 5.74) is 2.63. The molecule has 0 radical (unpaired) electrons. The second-order valence-corrected chi connectivity index (χ2v) is 6.46. The van der Waals surface area contributed by atoms with Gasteiger partial charge in [0.2, 0.25) is 5.91 Å². The van der Waals surface area contributed by atoms with E-state index in [1.807, 2.05) is 35.3 Å². The van der Waals surface area contributed by atoms with Crippen LogP contribution in [0.1, 0.15) is 52.1 Å². The normalized spacial score (nSPS) is 16.3. The first-order chi connectivity index (χ1) is 11.5. The van der Waals surface area contributed by atoms with Gasteiger partial charge in [-0.1, -0.05) is 80.6 Å². The standard InChI is InChI=1S/C12H15NO.C10H16/c1-10(11-6-3-2-4-7-11)13-9-5-8-12(13)14;1-5-6-7-8-10(4)9(2)3/h2-4,6-7,10H,5,8-9H2,1H3;5-9H,1H2,2-4H3/b;7-6-,10-8-/t10-;/m0./s1. The number of nitrogens with zero attached hydrogens (tertiary/aromatic N) is 1. The number of carbonyl (C=O) groups excluding carboxylic acids is 1. The lowest BCUT2D eigenvalue weighted by atomic mass is 10.1. The molecule has 0 N–H and O–H groups in total. The second kappa shape index (κ2) is 10.6. The van der Waals surface area contributed by atoms with Gasteiger partial charge in [0.1, 0.15) is 0 Å². The highest BCUT2D eigenvalue weighted by Crippen LogP contribution is 2.24. The van der Waals surface area contributed by atoms with Crippen molar-refractivity contribution in [2.45, 2.75) is 46.6 Å². The second-order valence-electron chi connectivity index (χ2n) is 6.46. The van der Waals surface area contributed by atoms with Gasteiger partial charge in [-0.2, -0.15) is 0 Å². The lowest BCUT2D eigenvalue weighted by Gasteiger charge is -2.24. The topological polar surface area (TPSA) is 20.3 Å². The molecule has 2 nitrogen and oxygen atoms in total. The Hall–Kier alpha value is -2.09. The number of benzene rings is 1. The third kappa shape index (κ3) is 6.57. The number of amides is 1. The molecule has 130 valence electrons. The molecule has 1 aliphatic heterocycles. The van der Waals surface area contributed by atoms with Crippen molar-refractivity contribution in [3.05, 3.63) is 72.4 Å². The SMILES string of the molecule is C=C/C=C\C=C(\C)C(C)C.C[C@@H](c1ccccc1)N1CCCC1=O. The molecule has 0 unspecified atom stereocenters. The Morgan fingerprint density at radius 2 is 1.83 bits per heavy atom. The Bertz CT molecular complexity index is 569. The predicted molar refractivity (Wildman–Crippen MR) is 104 cm³/mol. The Kier molecular flexibility index (Phi) is 8.85. The Balaban J connectivity index is 0.000000257. The smallest absolute Gasteiger partial charge is 0.223 e. The maximum absolute atomic E-state index is 11.5. The van der Waals surface area contributed by atoms with Crippen LogP contribution in [0.15, 0.2) is 66.8 Å². The van der Waals surface area contributed by atoms with Crippen LogP contribution in [0.5, 0.6) is 0 Å². The zero-order valence-corrected chi connectivity index (χ0v) is 15.5. The predicted octanol–water partition coefficient (Wildman–Crippen LogP) is 5.70. The van der Waals surface area contributed by atoms with E-state index in [0.717, 1.165) is 19.4 Å². The molecule has 2 heteroatoms. The monoisotopic (exact) mass is 325 g/mol. The molecule has 1 heterocycles. The fourth-order valence-electron chi connectivity index (χ4n) is 2.47. The molecule has 1 aromatic rings. The van der Waals surface area contributed by atoms with Gasteiger partial charge in [0.05, 0.1) is 6.04 Å². The van der Waals surface area contributed by atoms with E-state index in [1.54, 1.807) is 6.08 Å². The average molecular weight is 325 g/mol. The largest absolute Gasteiger partial charge is 0.336 e. The number of likely N-dealkylation sites (tertiary alicyclic amines) is 1. The maximum atomic E-state index is 11.5. The van der Waals surface area contributed by atoms with Crippen molar-refractivity contribution < 1.29 is 4.79 Å². The van der Waals surface area contributed by atoms with Crippen LogP contribution >= 0.6 is 0 Å². The van der Waals surface area contributed by atoms with Crippen molar-refractivity contribution in [2.75, 3.05) is 6.54 Å². The van der Waals surface area contributed by atoms with E-state index in [9.17, 15) is 4.79 Å². The highest BCUT2D eigenvalue weighted by atomic mass is 16.2. The van der Waals surface area contributed by atoms with Crippen LogP contribution in [0.4, 0.5) is 0 Å². The fraction of sp³-hybridized carbons (Fsp3) is 0.409. The molecule has 1 amide bonds. The number of allylic oxidation sites excluding steroid dienone is 5. The molecule has 0 bridgehead atoms. The van der Waals surface area contributed by atoms with Gasteiger partial charge < -0.3 is 4.90 Å². The van der Waals surface area contributed by atoms with Crippen LogP contribution in [0.3, 0.4) is 0 Å². The lowest BCUT2D eigenvalue weighted by molar-refractivity contribution is -0.129. The highest BCUT2D eigenvalue weighted by Gasteiger charge is 2.25. The Labute approximate surface area is 147 Å². The van der Waals surface area contributed by atoms with Gasteiger partial charge in [0, 0.05) is 13.0 Å². The first kappa shape index (κ1) is 20.0. The number of hydrogen-bond donors (Lipinski definition) is 0. The minimum absolute atomic E-state index is 0.228. The van der Waals surface area contributed by atoms with Crippen molar-refractivity contribution in [3.8, 4) is 0 Å². The minimum Gasteiger partial charge on any atom is -0.336 e. The van der Waals surface area contributed by atoms with E-state index in [-0.39, 0.29) is 6.04 Å². The number of carbonyl (C=O) groups is 1. The molecule has 1 fully saturated rings. The third-order valence-electron chi connectivity index (χ3n) is 4.38. The van der Waals surface area contributed by atoms with Crippen LogP contribution in [-0.2, 0) is 4.79 Å². The summed E-state index contributed by atoms with van der Waals surface area (Å²) >= 11 is 0. The first-order valence-electron chi connectivity index (χ1n) is 8.77. The summed E-state index contributed by atoms with van der Waals surface area (Å²) in [7, 11) is 0. The van der Waals surface area contributed by atoms with E-state index < -0.39 is 0 Å². The molecule has 24 heavy (non-hydrogen) atoms. The number of hydrogen-bond acceptors (Lipinski definition) is 1. The van der Waals surface area contributed by atoms with E-state index >= 15 is 0 Å². The molecule has 0 aromatic heterocycles. The van der Waals surface area contributed by atoms with E-state index in [0.29, 0.717) is 11.8 Å². The van der Waals surface area contributed by atoms with Crippen molar-refractivity contribution in [1.29, 1.82) is 0 Å². The molecule has 1 aliphatic rings. The van der Waals surface area contributed by atoms with E-state index in [1.165, 1.54) is 11.1 Å². The average Bonchev–Trinajstić information content (AvgIpc) is 3.01. The summed E-state index contributed by atoms with van der Waals surface area (Å²) < 4.78 is 0. The van der Waals surface area contributed by atoms with Gasteiger partial charge in [-0.15, -0.1) is 0 Å². The van der Waals surface area contributed by atoms with Gasteiger partial charge in [-0.05, 0) is 31.7 Å². The summed E-state index contributed by atoms with van der Waals surface area (Å²) in [4.78, 5) is 13.5. The van der Waals surface area contributed by atoms with E-state index in [4.69, 9.17) is 0 Å². The summed E-state index contributed by atoms with van der Waals surface area (Å²) in [5, 5.41) is 0. The summed E-state index contributed by atoms with van der Waals surface area (Å²) in [5.74, 6) is 0.941. The van der Waals surface area contributed by atoms with Crippen LogP contribution in [0, 0.1) is 5.92 Å². The molecule has 1 saturated heterocycles. The molecular weight excluding hydrogens is 294 g/mol. The summed E-state index contributed by atoms with van der Waals surface area (Å²) in [6, 6.07) is 10.4. The summed E-state index contributed by atoms with van der Waals surface area (Å²) in [6.45, 7) is 13.1. The minimum atomic E-state index is 0.228. The fourth-order valence-corrected chi connectivity index (χ4v) is 2.47. The van der Waals surface area contributed by atoms with Gasteiger partial charge in [-0.25, -0.2) is 0 Å². The Morgan fingerprint density at radius 1 is 1.17 bits per heavy atom. The quantitative estimate of drug-likeness (QED) is 0.636. The van der Waals surface area contributed by atoms with Crippen LogP contribution < -0.4 is 0 Å². The molecule has 2 rings (SSSR count). The molecule has 0 aliphatic carbocycles. The Morgan fingerprint density at radius 3 is 2.33 bits per heavy atom. The van der Waals surface area contributed by atoms with Gasteiger partial charge in [0.15, 0.2) is 0 Å². The van der Waals surface area contributed by atoms with Crippen LogP contribution in [0.2, 0.25) is 0 Å². The summed E-state index contributed by atoms with van der Waals surface area (Å²) in [6.07, 6.45) is 9.58. The van der Waals surface area contributed by atoms with E-state index in [2.05, 4.69) is 52.5 Å². The van der Waals surface area contributed by atoms with Gasteiger partial charge in [0.25, 0.3) is 0 Å². The molecular formula is C22H31NO. The van der Waals surface area contributed by atoms with Crippen molar-refractivity contribution in [2.24, 2.45) is 5.92 Å². The zero-order valence-electron chi connectivity index (χ0n) is 15.5. The molecule has 1 aromatic carbocycles. The molecule has 0 saturated carbocycles. The van der Waals surface area contributed by atoms with Crippen molar-refractivity contribution in [3.63, 3.8) is 0 Å². The molecule has 1 atom stereocenters. The molecule has 0 spiro atoms. The maximum Gasteiger partial charge on any atom is 0.223 e.